The van der Waals surface area contributed by atoms with Gasteiger partial charge in [-0.25, -0.2) is 4.79 Å². The van der Waals surface area contributed by atoms with Crippen LogP contribution in [-0.2, 0) is 16.0 Å². The second kappa shape index (κ2) is 7.94. The fraction of sp³-hybridized carbons (Fsp3) is 0.217. The van der Waals surface area contributed by atoms with Crippen LogP contribution in [0.3, 0.4) is 0 Å². The zero-order chi connectivity index (χ0) is 21.1. The largest absolute Gasteiger partial charge is 0.325 e. The van der Waals surface area contributed by atoms with Crippen molar-refractivity contribution in [1.82, 2.24) is 15.2 Å². The maximum Gasteiger partial charge on any atom is 0.325 e. The molecule has 0 bridgehead atoms. The molecule has 30 heavy (non-hydrogen) atoms. The van der Waals surface area contributed by atoms with Gasteiger partial charge in [-0.3, -0.25) is 19.5 Å². The van der Waals surface area contributed by atoms with Crippen LogP contribution in [0.4, 0.5) is 10.5 Å². The number of hydrogen-bond donors (Lipinski definition) is 2. The normalized spacial score (nSPS) is 18.5. The number of rotatable bonds is 6. The number of amides is 4. The summed E-state index contributed by atoms with van der Waals surface area (Å²) in [6.07, 6.45) is 2.74. The van der Waals surface area contributed by atoms with E-state index >= 15 is 0 Å². The van der Waals surface area contributed by atoms with Gasteiger partial charge in [-0.1, -0.05) is 48.5 Å². The Morgan fingerprint density at radius 3 is 2.63 bits per heavy atom. The molecule has 3 aromatic rings. The Morgan fingerprint density at radius 2 is 1.83 bits per heavy atom. The van der Waals surface area contributed by atoms with E-state index in [0.29, 0.717) is 24.0 Å². The Bertz CT molecular complexity index is 1110. The van der Waals surface area contributed by atoms with Gasteiger partial charge in [0.1, 0.15) is 12.1 Å². The number of aryl methyl sites for hydroxylation is 1. The van der Waals surface area contributed by atoms with Crippen LogP contribution in [0.5, 0.6) is 0 Å². The first-order valence-corrected chi connectivity index (χ1v) is 9.78. The molecule has 2 aromatic carbocycles. The van der Waals surface area contributed by atoms with Crippen LogP contribution in [0.1, 0.15) is 18.9 Å². The predicted octanol–water partition coefficient (Wildman–Crippen LogP) is 3.12. The van der Waals surface area contributed by atoms with E-state index in [1.165, 1.54) is 0 Å². The number of benzene rings is 2. The molecule has 7 heteroatoms. The van der Waals surface area contributed by atoms with E-state index in [0.717, 1.165) is 15.8 Å². The summed E-state index contributed by atoms with van der Waals surface area (Å²) in [5, 5.41) is 6.39. The average Bonchev–Trinajstić information content (AvgIpc) is 2.97. The molecule has 1 saturated heterocycles. The lowest BCUT2D eigenvalue weighted by atomic mass is 9.93. The second-order valence-electron chi connectivity index (χ2n) is 7.57. The number of nitrogens with one attached hydrogen (secondary N) is 2. The molecule has 7 nitrogen and oxygen atoms in total. The molecule has 0 saturated carbocycles. The minimum Gasteiger partial charge on any atom is -0.323 e. The van der Waals surface area contributed by atoms with E-state index in [1.54, 1.807) is 19.2 Å². The number of para-hydroxylation sites is 1. The minimum atomic E-state index is -1.03. The van der Waals surface area contributed by atoms with Gasteiger partial charge in [0.05, 0.1) is 11.2 Å². The Hall–Kier alpha value is -3.74. The highest BCUT2D eigenvalue weighted by molar-refractivity contribution is 6.10. The van der Waals surface area contributed by atoms with Gasteiger partial charge >= 0.3 is 6.03 Å². The van der Waals surface area contributed by atoms with E-state index in [4.69, 9.17) is 0 Å². The summed E-state index contributed by atoms with van der Waals surface area (Å²) in [5.74, 6) is -0.849. The van der Waals surface area contributed by atoms with Gasteiger partial charge in [-0.05, 0) is 37.5 Å². The first-order valence-electron chi connectivity index (χ1n) is 9.78. The number of fused-ring (bicyclic) bond motifs is 1. The number of aromatic nitrogens is 1. The highest BCUT2D eigenvalue weighted by Crippen LogP contribution is 2.24. The number of pyridine rings is 1. The number of urea groups is 1. The van der Waals surface area contributed by atoms with Crippen LogP contribution in [0.25, 0.3) is 10.9 Å². The summed E-state index contributed by atoms with van der Waals surface area (Å²) in [6, 6.07) is 18.4. The smallest absolute Gasteiger partial charge is 0.323 e. The lowest BCUT2D eigenvalue weighted by molar-refractivity contribution is -0.133. The third kappa shape index (κ3) is 3.87. The SMILES string of the molecule is CC1(CCc2ccccc2)NC(=O)N(CC(=O)Nc2cccc3cccnc23)C1=O. The molecule has 0 radical (unpaired) electrons. The summed E-state index contributed by atoms with van der Waals surface area (Å²) in [6.45, 7) is 1.34. The van der Waals surface area contributed by atoms with Gasteiger partial charge in [0, 0.05) is 11.6 Å². The molecule has 0 aliphatic carbocycles. The van der Waals surface area contributed by atoms with Crippen LogP contribution in [0.2, 0.25) is 0 Å². The molecule has 1 aliphatic heterocycles. The zero-order valence-corrected chi connectivity index (χ0v) is 16.6. The average molecular weight is 402 g/mol. The molecule has 1 fully saturated rings. The highest BCUT2D eigenvalue weighted by atomic mass is 16.2. The Labute approximate surface area is 174 Å². The quantitative estimate of drug-likeness (QED) is 0.620. The van der Waals surface area contributed by atoms with E-state index in [-0.39, 0.29) is 6.54 Å². The van der Waals surface area contributed by atoms with Crippen molar-refractivity contribution in [3.05, 3.63) is 72.4 Å². The number of imide groups is 1. The fourth-order valence-electron chi connectivity index (χ4n) is 3.64. The summed E-state index contributed by atoms with van der Waals surface area (Å²) < 4.78 is 0. The first-order chi connectivity index (χ1) is 14.5. The predicted molar refractivity (Wildman–Crippen MR) is 114 cm³/mol. The molecule has 1 aliphatic rings. The number of hydrogen-bond acceptors (Lipinski definition) is 4. The summed E-state index contributed by atoms with van der Waals surface area (Å²) in [4.78, 5) is 43.2. The molecular weight excluding hydrogens is 380 g/mol. The number of nitrogens with zero attached hydrogens (tertiary/aromatic N) is 2. The maximum absolute atomic E-state index is 12.9. The molecule has 4 amide bonds. The maximum atomic E-state index is 12.9. The van der Waals surface area contributed by atoms with Crippen molar-refractivity contribution in [2.75, 3.05) is 11.9 Å². The number of carbonyl (C=O) groups is 3. The lowest BCUT2D eigenvalue weighted by Crippen LogP contribution is -2.45. The van der Waals surface area contributed by atoms with Crippen molar-refractivity contribution in [2.24, 2.45) is 0 Å². The molecule has 1 aromatic heterocycles. The summed E-state index contributed by atoms with van der Waals surface area (Å²) in [5.41, 5.74) is 1.24. The van der Waals surface area contributed by atoms with Crippen molar-refractivity contribution in [1.29, 1.82) is 0 Å². The van der Waals surface area contributed by atoms with Gasteiger partial charge in [0.15, 0.2) is 0 Å². The van der Waals surface area contributed by atoms with Crippen LogP contribution < -0.4 is 10.6 Å². The molecule has 4 rings (SSSR count). The highest BCUT2D eigenvalue weighted by Gasteiger charge is 2.47. The van der Waals surface area contributed by atoms with Gasteiger partial charge in [0.2, 0.25) is 5.91 Å². The molecule has 1 unspecified atom stereocenters. The van der Waals surface area contributed by atoms with Gasteiger partial charge in [-0.2, -0.15) is 0 Å². The first kappa shape index (κ1) is 19.6. The summed E-state index contributed by atoms with van der Waals surface area (Å²) >= 11 is 0. The van der Waals surface area contributed by atoms with Gasteiger partial charge in [-0.15, -0.1) is 0 Å². The van der Waals surface area contributed by atoms with E-state index in [9.17, 15) is 14.4 Å². The zero-order valence-electron chi connectivity index (χ0n) is 16.6. The molecule has 152 valence electrons. The van der Waals surface area contributed by atoms with Crippen LogP contribution >= 0.6 is 0 Å². The van der Waals surface area contributed by atoms with Crippen LogP contribution in [0.15, 0.2) is 66.9 Å². The topological polar surface area (TPSA) is 91.4 Å². The standard InChI is InChI=1S/C23H22N4O3/c1-23(13-12-16-7-3-2-4-8-16)21(29)27(22(30)26-23)15-19(28)25-18-11-5-9-17-10-6-14-24-20(17)18/h2-11,14H,12-13,15H2,1H3,(H,25,28)(H,26,30). The van der Waals surface area contributed by atoms with Gasteiger partial charge in [0.25, 0.3) is 5.91 Å². The Morgan fingerprint density at radius 1 is 1.07 bits per heavy atom. The van der Waals surface area contributed by atoms with E-state index in [1.807, 2.05) is 54.6 Å². The molecule has 2 heterocycles. The minimum absolute atomic E-state index is 0.352. The van der Waals surface area contributed by atoms with Crippen molar-refractivity contribution >= 4 is 34.4 Å². The summed E-state index contributed by atoms with van der Waals surface area (Å²) in [7, 11) is 0. The lowest BCUT2D eigenvalue weighted by Gasteiger charge is -2.21. The number of anilines is 1. The molecular formula is C23H22N4O3. The monoisotopic (exact) mass is 402 g/mol. The molecule has 0 spiro atoms. The van der Waals surface area contributed by atoms with Crippen molar-refractivity contribution in [3.63, 3.8) is 0 Å². The van der Waals surface area contributed by atoms with E-state index < -0.39 is 23.4 Å². The molecule has 2 N–H and O–H groups in total. The Kier molecular flexibility index (Phi) is 5.18. The van der Waals surface area contributed by atoms with Crippen molar-refractivity contribution in [3.8, 4) is 0 Å². The van der Waals surface area contributed by atoms with Crippen molar-refractivity contribution in [2.45, 2.75) is 25.3 Å². The van der Waals surface area contributed by atoms with Crippen LogP contribution in [0, 0.1) is 0 Å². The third-order valence-corrected chi connectivity index (χ3v) is 5.31. The third-order valence-electron chi connectivity index (χ3n) is 5.31. The van der Waals surface area contributed by atoms with Crippen LogP contribution in [-0.4, -0.2) is 39.8 Å². The Balaban J connectivity index is 1.43. The fourth-order valence-corrected chi connectivity index (χ4v) is 3.64. The number of carbonyl (C=O) groups excluding carboxylic acids is 3. The van der Waals surface area contributed by atoms with E-state index in [2.05, 4.69) is 15.6 Å². The van der Waals surface area contributed by atoms with Crippen molar-refractivity contribution < 1.29 is 14.4 Å². The second-order valence-corrected chi connectivity index (χ2v) is 7.57. The molecule has 1 atom stereocenters. The van der Waals surface area contributed by atoms with Gasteiger partial charge < -0.3 is 10.6 Å².